The zero-order chi connectivity index (χ0) is 23.7. The van der Waals surface area contributed by atoms with Crippen molar-refractivity contribution in [3.05, 3.63) is 12.2 Å². The maximum atomic E-state index is 11.5. The van der Waals surface area contributed by atoms with Crippen molar-refractivity contribution < 1.29 is 9.90 Å². The molecule has 0 spiro atoms. The number of carboxylic acid groups (broad SMARTS) is 1. The SMILES string of the molecule is C=C1CC(CCC)C2C(CCC3(C)C(C(C)CCCC(C)C)CCC23)C1(C)CCC(=O)O. The molecular weight excluding hydrogens is 392 g/mol. The smallest absolute Gasteiger partial charge is 0.303 e. The van der Waals surface area contributed by atoms with Crippen LogP contribution in [0.25, 0.3) is 0 Å². The van der Waals surface area contributed by atoms with Crippen LogP contribution in [-0.4, -0.2) is 11.1 Å². The van der Waals surface area contributed by atoms with E-state index in [0.29, 0.717) is 11.3 Å². The van der Waals surface area contributed by atoms with E-state index in [0.717, 1.165) is 48.3 Å². The Morgan fingerprint density at radius 2 is 1.84 bits per heavy atom. The molecule has 1 N–H and O–H groups in total. The van der Waals surface area contributed by atoms with Crippen molar-refractivity contribution in [1.29, 1.82) is 0 Å². The topological polar surface area (TPSA) is 37.3 Å². The van der Waals surface area contributed by atoms with Gasteiger partial charge in [-0.1, -0.05) is 85.8 Å². The van der Waals surface area contributed by atoms with Gasteiger partial charge in [0.1, 0.15) is 0 Å². The summed E-state index contributed by atoms with van der Waals surface area (Å²) in [6.45, 7) is 19.2. The standard InChI is InChI=1S/C30H52O2/c1-8-10-23-19-22(5)29(6,18-16-27(31)32)26-15-17-30(7)24(13-14-25(30)28(23)26)21(4)12-9-11-20(2)3/h20-21,23-26,28H,5,8-19H2,1-4,6-7H3,(H,31,32). The van der Waals surface area contributed by atoms with E-state index in [2.05, 4.69) is 48.1 Å². The summed E-state index contributed by atoms with van der Waals surface area (Å²) < 4.78 is 0. The number of hydrogen-bond donors (Lipinski definition) is 1. The zero-order valence-electron chi connectivity index (χ0n) is 22.1. The van der Waals surface area contributed by atoms with Gasteiger partial charge < -0.3 is 5.11 Å². The molecular formula is C30H52O2. The normalized spacial score (nSPS) is 40.2. The van der Waals surface area contributed by atoms with Crippen LogP contribution in [0.4, 0.5) is 0 Å². The Morgan fingerprint density at radius 1 is 1.12 bits per heavy atom. The van der Waals surface area contributed by atoms with E-state index in [-0.39, 0.29) is 11.8 Å². The van der Waals surface area contributed by atoms with E-state index < -0.39 is 5.97 Å². The maximum absolute atomic E-state index is 11.5. The average molecular weight is 445 g/mol. The summed E-state index contributed by atoms with van der Waals surface area (Å²) in [6, 6.07) is 0. The average Bonchev–Trinajstić information content (AvgIpc) is 3.07. The summed E-state index contributed by atoms with van der Waals surface area (Å²) in [6.07, 6.45) is 14.3. The molecule has 0 heterocycles. The quantitative estimate of drug-likeness (QED) is 0.342. The highest BCUT2D eigenvalue weighted by Crippen LogP contribution is 2.68. The number of allylic oxidation sites excluding steroid dienone is 1. The van der Waals surface area contributed by atoms with Crippen molar-refractivity contribution >= 4 is 5.97 Å². The molecule has 184 valence electrons. The Bertz CT molecular complexity index is 666. The highest BCUT2D eigenvalue weighted by molar-refractivity contribution is 5.66. The lowest BCUT2D eigenvalue weighted by molar-refractivity contribution is -0.138. The summed E-state index contributed by atoms with van der Waals surface area (Å²) in [5.41, 5.74) is 1.85. The lowest BCUT2D eigenvalue weighted by Gasteiger charge is -2.60. The van der Waals surface area contributed by atoms with Gasteiger partial charge in [0.15, 0.2) is 0 Å². The van der Waals surface area contributed by atoms with Gasteiger partial charge in [-0.05, 0) is 90.8 Å². The monoisotopic (exact) mass is 444 g/mol. The summed E-state index contributed by atoms with van der Waals surface area (Å²) in [5.74, 6) is 4.86. The third kappa shape index (κ3) is 4.85. The van der Waals surface area contributed by atoms with E-state index in [4.69, 9.17) is 0 Å². The molecule has 0 bridgehead atoms. The molecule has 0 aliphatic heterocycles. The Morgan fingerprint density at radius 3 is 2.47 bits per heavy atom. The number of hydrogen-bond acceptors (Lipinski definition) is 1. The molecule has 32 heavy (non-hydrogen) atoms. The molecule has 2 nitrogen and oxygen atoms in total. The first kappa shape index (κ1) is 25.8. The molecule has 0 aromatic carbocycles. The minimum Gasteiger partial charge on any atom is -0.481 e. The molecule has 3 aliphatic rings. The van der Waals surface area contributed by atoms with Gasteiger partial charge in [0.05, 0.1) is 0 Å². The third-order valence-corrected chi connectivity index (χ3v) is 10.7. The van der Waals surface area contributed by atoms with Crippen LogP contribution in [0.1, 0.15) is 119 Å². The van der Waals surface area contributed by atoms with Crippen LogP contribution in [0.3, 0.4) is 0 Å². The fraction of sp³-hybridized carbons (Fsp3) is 0.900. The molecule has 2 heteroatoms. The molecule has 0 amide bonds. The first-order chi connectivity index (χ1) is 15.0. The summed E-state index contributed by atoms with van der Waals surface area (Å²) in [7, 11) is 0. The predicted molar refractivity (Wildman–Crippen MR) is 136 cm³/mol. The molecule has 0 radical (unpaired) electrons. The first-order valence-corrected chi connectivity index (χ1v) is 13.9. The number of fused-ring (bicyclic) bond motifs is 3. The van der Waals surface area contributed by atoms with E-state index in [1.807, 2.05) is 0 Å². The maximum Gasteiger partial charge on any atom is 0.303 e. The van der Waals surface area contributed by atoms with Gasteiger partial charge in [0.25, 0.3) is 0 Å². The summed E-state index contributed by atoms with van der Waals surface area (Å²) in [4.78, 5) is 11.5. The van der Waals surface area contributed by atoms with Crippen molar-refractivity contribution in [1.82, 2.24) is 0 Å². The molecule has 0 aromatic rings. The number of carboxylic acids is 1. The van der Waals surface area contributed by atoms with Crippen LogP contribution < -0.4 is 0 Å². The Hall–Kier alpha value is -0.790. The minimum absolute atomic E-state index is 0.00952. The van der Waals surface area contributed by atoms with Gasteiger partial charge in [-0.15, -0.1) is 0 Å². The second kappa shape index (κ2) is 10.2. The van der Waals surface area contributed by atoms with Gasteiger partial charge in [0, 0.05) is 6.42 Å². The van der Waals surface area contributed by atoms with Crippen molar-refractivity contribution in [3.63, 3.8) is 0 Å². The van der Waals surface area contributed by atoms with Gasteiger partial charge in [0.2, 0.25) is 0 Å². The fourth-order valence-electron chi connectivity index (χ4n) is 8.96. The lowest BCUT2D eigenvalue weighted by Crippen LogP contribution is -2.53. The summed E-state index contributed by atoms with van der Waals surface area (Å²) in [5, 5.41) is 9.44. The van der Waals surface area contributed by atoms with Gasteiger partial charge in [-0.25, -0.2) is 0 Å². The van der Waals surface area contributed by atoms with Crippen LogP contribution >= 0.6 is 0 Å². The van der Waals surface area contributed by atoms with E-state index in [1.54, 1.807) is 0 Å². The molecule has 3 aliphatic carbocycles. The zero-order valence-corrected chi connectivity index (χ0v) is 22.1. The molecule has 3 saturated carbocycles. The number of carbonyl (C=O) groups is 1. The van der Waals surface area contributed by atoms with Gasteiger partial charge >= 0.3 is 5.97 Å². The lowest BCUT2D eigenvalue weighted by atomic mass is 9.44. The summed E-state index contributed by atoms with van der Waals surface area (Å²) >= 11 is 0. The first-order valence-electron chi connectivity index (χ1n) is 13.9. The van der Waals surface area contributed by atoms with Crippen LogP contribution in [0.2, 0.25) is 0 Å². The highest BCUT2D eigenvalue weighted by Gasteiger charge is 2.60. The number of aliphatic carboxylic acids is 1. The van der Waals surface area contributed by atoms with Crippen LogP contribution in [0, 0.1) is 52.3 Å². The van der Waals surface area contributed by atoms with Crippen molar-refractivity contribution in [2.75, 3.05) is 0 Å². The molecule has 3 fully saturated rings. The van der Waals surface area contributed by atoms with Gasteiger partial charge in [-0.2, -0.15) is 0 Å². The Balaban J connectivity index is 1.83. The second-order valence-electron chi connectivity index (χ2n) is 13.0. The predicted octanol–water partition coefficient (Wildman–Crippen LogP) is 8.75. The molecule has 8 unspecified atom stereocenters. The fourth-order valence-corrected chi connectivity index (χ4v) is 8.96. The van der Waals surface area contributed by atoms with E-state index >= 15 is 0 Å². The van der Waals surface area contributed by atoms with E-state index in [1.165, 1.54) is 63.4 Å². The largest absolute Gasteiger partial charge is 0.481 e. The van der Waals surface area contributed by atoms with Crippen LogP contribution in [-0.2, 0) is 4.79 Å². The third-order valence-electron chi connectivity index (χ3n) is 10.7. The van der Waals surface area contributed by atoms with Crippen molar-refractivity contribution in [2.24, 2.45) is 52.3 Å². The highest BCUT2D eigenvalue weighted by atomic mass is 16.4. The number of rotatable bonds is 10. The minimum atomic E-state index is -0.650. The second-order valence-corrected chi connectivity index (χ2v) is 13.0. The molecule has 8 atom stereocenters. The Kier molecular flexibility index (Phi) is 8.25. The van der Waals surface area contributed by atoms with Gasteiger partial charge in [-0.3, -0.25) is 4.79 Å². The van der Waals surface area contributed by atoms with Crippen LogP contribution in [0.5, 0.6) is 0 Å². The molecule has 0 aromatic heterocycles. The Labute approximate surface area is 199 Å². The van der Waals surface area contributed by atoms with Crippen molar-refractivity contribution in [3.8, 4) is 0 Å². The van der Waals surface area contributed by atoms with Crippen LogP contribution in [0.15, 0.2) is 12.2 Å². The van der Waals surface area contributed by atoms with E-state index in [9.17, 15) is 9.90 Å². The molecule has 3 rings (SSSR count). The van der Waals surface area contributed by atoms with Crippen molar-refractivity contribution in [2.45, 2.75) is 119 Å². The molecule has 0 saturated heterocycles.